The minimum atomic E-state index is -0.363. The van der Waals surface area contributed by atoms with E-state index in [2.05, 4.69) is 38.3 Å². The number of hydrogen-bond acceptors (Lipinski definition) is 3. The van der Waals surface area contributed by atoms with Crippen molar-refractivity contribution in [3.63, 3.8) is 0 Å². The van der Waals surface area contributed by atoms with E-state index in [-0.39, 0.29) is 11.9 Å². The van der Waals surface area contributed by atoms with Gasteiger partial charge in [0, 0.05) is 12.6 Å². The lowest BCUT2D eigenvalue weighted by molar-refractivity contribution is -0.122. The van der Waals surface area contributed by atoms with E-state index in [0.717, 1.165) is 38.8 Å². The van der Waals surface area contributed by atoms with Crippen LogP contribution in [0.25, 0.3) is 0 Å². The lowest BCUT2D eigenvalue weighted by Gasteiger charge is -2.13. The predicted octanol–water partition coefficient (Wildman–Crippen LogP) is 1.64. The molecular formula is C14H31N3O. The van der Waals surface area contributed by atoms with Crippen molar-refractivity contribution < 1.29 is 4.79 Å². The lowest BCUT2D eigenvalue weighted by atomic mass is 10.1. The van der Waals surface area contributed by atoms with E-state index in [4.69, 9.17) is 5.73 Å². The van der Waals surface area contributed by atoms with Crippen LogP contribution in [0.3, 0.4) is 0 Å². The van der Waals surface area contributed by atoms with Crippen molar-refractivity contribution in [2.45, 2.75) is 65.5 Å². The minimum Gasteiger partial charge on any atom is -0.355 e. The van der Waals surface area contributed by atoms with Gasteiger partial charge in [0.05, 0.1) is 6.04 Å². The molecule has 0 aromatic carbocycles. The number of amides is 1. The van der Waals surface area contributed by atoms with Gasteiger partial charge >= 0.3 is 0 Å². The summed E-state index contributed by atoms with van der Waals surface area (Å²) in [6, 6.07) is 0.129. The largest absolute Gasteiger partial charge is 0.355 e. The summed E-state index contributed by atoms with van der Waals surface area (Å²) in [5.41, 5.74) is 5.84. The topological polar surface area (TPSA) is 67.2 Å². The summed E-state index contributed by atoms with van der Waals surface area (Å²) in [7, 11) is 0. The first-order valence-corrected chi connectivity index (χ1v) is 7.20. The summed E-state index contributed by atoms with van der Waals surface area (Å²) in [4.78, 5) is 11.7. The molecule has 1 atom stereocenters. The van der Waals surface area contributed by atoms with E-state index >= 15 is 0 Å². The van der Waals surface area contributed by atoms with Crippen LogP contribution in [0.15, 0.2) is 0 Å². The number of nitrogens with two attached hydrogens (primary N) is 1. The van der Waals surface area contributed by atoms with E-state index in [1.54, 1.807) is 0 Å². The molecule has 0 unspecified atom stereocenters. The van der Waals surface area contributed by atoms with E-state index in [0.29, 0.717) is 12.0 Å². The zero-order chi connectivity index (χ0) is 14.0. The monoisotopic (exact) mass is 257 g/mol. The highest BCUT2D eigenvalue weighted by Crippen LogP contribution is 2.02. The molecule has 0 aliphatic rings. The molecule has 4 nitrogen and oxygen atoms in total. The number of rotatable bonds is 10. The highest BCUT2D eigenvalue weighted by atomic mass is 16.2. The van der Waals surface area contributed by atoms with Crippen LogP contribution in [-0.2, 0) is 4.79 Å². The molecule has 0 spiro atoms. The first-order valence-electron chi connectivity index (χ1n) is 7.20. The Morgan fingerprint density at radius 1 is 1.06 bits per heavy atom. The second-order valence-corrected chi connectivity index (χ2v) is 5.68. The van der Waals surface area contributed by atoms with Gasteiger partial charge in [-0.25, -0.2) is 0 Å². The molecule has 0 fully saturated rings. The van der Waals surface area contributed by atoms with Crippen molar-refractivity contribution in [1.82, 2.24) is 10.6 Å². The van der Waals surface area contributed by atoms with Gasteiger partial charge in [-0.2, -0.15) is 0 Å². The fraction of sp³-hybridized carbons (Fsp3) is 0.929. The van der Waals surface area contributed by atoms with Gasteiger partial charge in [0.2, 0.25) is 5.91 Å². The Morgan fingerprint density at radius 2 is 1.67 bits per heavy atom. The summed E-state index contributed by atoms with van der Waals surface area (Å²) in [5.74, 6) is 0.681. The predicted molar refractivity (Wildman–Crippen MR) is 77.4 cm³/mol. The third kappa shape index (κ3) is 10.5. The maximum absolute atomic E-state index is 11.7. The zero-order valence-corrected chi connectivity index (χ0v) is 12.5. The molecule has 108 valence electrons. The first-order chi connectivity index (χ1) is 8.43. The van der Waals surface area contributed by atoms with Gasteiger partial charge in [-0.05, 0) is 38.1 Å². The van der Waals surface area contributed by atoms with Crippen molar-refractivity contribution >= 4 is 5.91 Å². The number of carbonyl (C=O) groups excluding carboxylic acids is 1. The van der Waals surface area contributed by atoms with Crippen LogP contribution in [0.1, 0.15) is 53.4 Å². The smallest absolute Gasteiger partial charge is 0.236 e. The summed E-state index contributed by atoms with van der Waals surface area (Å²) < 4.78 is 0. The average molecular weight is 257 g/mol. The van der Waals surface area contributed by atoms with Crippen LogP contribution in [0.2, 0.25) is 0 Å². The molecule has 0 saturated heterocycles. The molecular weight excluding hydrogens is 226 g/mol. The minimum absolute atomic E-state index is 0.0108. The van der Waals surface area contributed by atoms with Crippen molar-refractivity contribution in [3.8, 4) is 0 Å². The molecule has 0 heterocycles. The molecule has 18 heavy (non-hydrogen) atoms. The van der Waals surface area contributed by atoms with E-state index in [1.165, 1.54) is 0 Å². The Balaban J connectivity index is 3.51. The van der Waals surface area contributed by atoms with Crippen LogP contribution in [0.5, 0.6) is 0 Å². The standard InChI is InChI=1S/C14H31N3O/c1-11(2)7-5-10-17-14(18)13(15)8-6-9-16-12(3)4/h11-13,16H,5-10,15H2,1-4H3,(H,17,18)/t13-/m1/s1. The van der Waals surface area contributed by atoms with Crippen LogP contribution in [0, 0.1) is 5.92 Å². The van der Waals surface area contributed by atoms with Gasteiger partial charge in [0.25, 0.3) is 0 Å². The first kappa shape index (κ1) is 17.4. The summed E-state index contributed by atoms with van der Waals surface area (Å²) in [6.45, 7) is 10.3. The molecule has 0 saturated carbocycles. The van der Waals surface area contributed by atoms with E-state index in [1.807, 2.05) is 0 Å². The van der Waals surface area contributed by atoms with Crippen molar-refractivity contribution in [1.29, 1.82) is 0 Å². The van der Waals surface area contributed by atoms with Gasteiger partial charge in [-0.3, -0.25) is 4.79 Å². The van der Waals surface area contributed by atoms with E-state index in [9.17, 15) is 4.79 Å². The quantitative estimate of drug-likeness (QED) is 0.521. The van der Waals surface area contributed by atoms with Crippen LogP contribution in [0.4, 0.5) is 0 Å². The van der Waals surface area contributed by atoms with Crippen LogP contribution < -0.4 is 16.4 Å². The highest BCUT2D eigenvalue weighted by molar-refractivity contribution is 5.81. The second kappa shape index (κ2) is 10.3. The van der Waals surface area contributed by atoms with Gasteiger partial charge in [0.1, 0.15) is 0 Å². The Kier molecular flexibility index (Phi) is 9.98. The maximum Gasteiger partial charge on any atom is 0.236 e. The molecule has 0 aromatic rings. The molecule has 0 aliphatic heterocycles. The fourth-order valence-corrected chi connectivity index (χ4v) is 1.70. The second-order valence-electron chi connectivity index (χ2n) is 5.68. The van der Waals surface area contributed by atoms with Crippen LogP contribution in [-0.4, -0.2) is 31.1 Å². The normalized spacial score (nSPS) is 13.1. The molecule has 0 radical (unpaired) electrons. The number of carbonyl (C=O) groups is 1. The van der Waals surface area contributed by atoms with Gasteiger partial charge < -0.3 is 16.4 Å². The van der Waals surface area contributed by atoms with Crippen molar-refractivity contribution in [3.05, 3.63) is 0 Å². The Morgan fingerprint density at radius 3 is 2.22 bits per heavy atom. The van der Waals surface area contributed by atoms with Crippen molar-refractivity contribution in [2.24, 2.45) is 11.7 Å². The molecule has 0 rings (SSSR count). The molecule has 0 aromatic heterocycles. The van der Waals surface area contributed by atoms with Gasteiger partial charge in [-0.15, -0.1) is 0 Å². The molecule has 0 bridgehead atoms. The summed E-state index contributed by atoms with van der Waals surface area (Å²) >= 11 is 0. The lowest BCUT2D eigenvalue weighted by Crippen LogP contribution is -2.41. The third-order valence-corrected chi connectivity index (χ3v) is 2.84. The number of nitrogens with one attached hydrogen (secondary N) is 2. The Labute approximate surface area is 112 Å². The van der Waals surface area contributed by atoms with Crippen LogP contribution >= 0.6 is 0 Å². The number of hydrogen-bond donors (Lipinski definition) is 3. The zero-order valence-electron chi connectivity index (χ0n) is 12.5. The SMILES string of the molecule is CC(C)CCCNC(=O)[C@H](N)CCCNC(C)C. The van der Waals surface area contributed by atoms with Gasteiger partial charge in [0.15, 0.2) is 0 Å². The van der Waals surface area contributed by atoms with Crippen molar-refractivity contribution in [2.75, 3.05) is 13.1 Å². The molecule has 0 aliphatic carbocycles. The summed E-state index contributed by atoms with van der Waals surface area (Å²) in [5, 5.41) is 6.22. The maximum atomic E-state index is 11.7. The van der Waals surface area contributed by atoms with E-state index < -0.39 is 0 Å². The molecule has 1 amide bonds. The Bertz CT molecular complexity index is 217. The Hall–Kier alpha value is -0.610. The fourth-order valence-electron chi connectivity index (χ4n) is 1.70. The molecule has 4 N–H and O–H groups in total. The van der Waals surface area contributed by atoms with Gasteiger partial charge in [-0.1, -0.05) is 27.7 Å². The highest BCUT2D eigenvalue weighted by Gasteiger charge is 2.12. The summed E-state index contributed by atoms with van der Waals surface area (Å²) in [6.07, 6.45) is 3.87. The average Bonchev–Trinajstić information content (AvgIpc) is 2.29. The molecule has 4 heteroatoms. The third-order valence-electron chi connectivity index (χ3n) is 2.84.